The van der Waals surface area contributed by atoms with E-state index in [4.69, 9.17) is 0 Å². The van der Waals surface area contributed by atoms with Gasteiger partial charge in [0.2, 0.25) is 0 Å². The van der Waals surface area contributed by atoms with E-state index in [1.807, 2.05) is 13.8 Å². The van der Waals surface area contributed by atoms with Crippen LogP contribution in [0.1, 0.15) is 33.3 Å². The third kappa shape index (κ3) is 4.41. The maximum absolute atomic E-state index is 12.9. The summed E-state index contributed by atoms with van der Waals surface area (Å²) in [6, 6.07) is 4.17. The van der Waals surface area contributed by atoms with E-state index < -0.39 is 11.7 Å². The van der Waals surface area contributed by atoms with E-state index in [0.717, 1.165) is 6.07 Å². The zero-order chi connectivity index (χ0) is 14.8. The van der Waals surface area contributed by atoms with Crippen LogP contribution in [-0.2, 0) is 6.18 Å². The Kier molecular flexibility index (Phi) is 4.93. The van der Waals surface area contributed by atoms with E-state index in [2.05, 4.69) is 35.1 Å². The third-order valence-corrected chi connectivity index (χ3v) is 4.08. The van der Waals surface area contributed by atoms with Gasteiger partial charge in [0.05, 0.1) is 5.56 Å². The summed E-state index contributed by atoms with van der Waals surface area (Å²) in [7, 11) is 0. The minimum absolute atomic E-state index is 0.0735. The summed E-state index contributed by atoms with van der Waals surface area (Å²) in [6.07, 6.45) is -4.35. The fourth-order valence-corrected chi connectivity index (χ4v) is 1.79. The molecule has 0 aliphatic heterocycles. The van der Waals surface area contributed by atoms with Gasteiger partial charge in [-0.15, -0.1) is 0 Å². The molecule has 0 saturated heterocycles. The van der Waals surface area contributed by atoms with E-state index in [-0.39, 0.29) is 11.1 Å². The van der Waals surface area contributed by atoms with E-state index in [1.165, 1.54) is 6.07 Å². The van der Waals surface area contributed by atoms with Crippen LogP contribution in [0.5, 0.6) is 0 Å². The molecule has 1 nitrogen and oxygen atoms in total. The molecule has 108 valence electrons. The highest BCUT2D eigenvalue weighted by molar-refractivity contribution is 9.10. The van der Waals surface area contributed by atoms with Gasteiger partial charge in [0.15, 0.2) is 0 Å². The molecule has 0 amide bonds. The second kappa shape index (κ2) is 5.73. The number of rotatable bonds is 4. The fourth-order valence-electron chi connectivity index (χ4n) is 1.43. The maximum atomic E-state index is 12.9. The number of hydrogen-bond acceptors (Lipinski definition) is 1. The quantitative estimate of drug-likeness (QED) is 0.758. The lowest BCUT2D eigenvalue weighted by atomic mass is 9.81. The Hall–Kier alpha value is -0.710. The summed E-state index contributed by atoms with van der Waals surface area (Å²) in [5, 5.41) is 2.93. The fraction of sp³-hybridized carbons (Fsp3) is 0.571. The topological polar surface area (TPSA) is 12.0 Å². The molecule has 0 aromatic heterocycles. The SMILES string of the molecule is CC(C)C(C)(C)CNc1ccc(Br)cc1C(F)(F)F. The Morgan fingerprint density at radius 3 is 2.26 bits per heavy atom. The van der Waals surface area contributed by atoms with Gasteiger partial charge in [0.25, 0.3) is 0 Å². The average molecular weight is 338 g/mol. The molecule has 0 fully saturated rings. The molecule has 0 radical (unpaired) electrons. The molecule has 0 saturated carbocycles. The van der Waals surface area contributed by atoms with Crippen molar-refractivity contribution in [2.24, 2.45) is 11.3 Å². The lowest BCUT2D eigenvalue weighted by molar-refractivity contribution is -0.137. The lowest BCUT2D eigenvalue weighted by Gasteiger charge is -2.30. The van der Waals surface area contributed by atoms with Gasteiger partial charge in [-0.25, -0.2) is 0 Å². The third-order valence-electron chi connectivity index (χ3n) is 3.58. The first-order chi connectivity index (χ1) is 8.54. The molecule has 0 bridgehead atoms. The van der Waals surface area contributed by atoms with Crippen LogP contribution < -0.4 is 5.32 Å². The van der Waals surface area contributed by atoms with Crippen molar-refractivity contribution in [3.63, 3.8) is 0 Å². The van der Waals surface area contributed by atoms with Crippen LogP contribution in [0.4, 0.5) is 18.9 Å². The second-order valence-electron chi connectivity index (χ2n) is 5.68. The Morgan fingerprint density at radius 1 is 1.21 bits per heavy atom. The summed E-state index contributed by atoms with van der Waals surface area (Å²) in [4.78, 5) is 0. The van der Waals surface area contributed by atoms with Gasteiger partial charge < -0.3 is 5.32 Å². The van der Waals surface area contributed by atoms with Gasteiger partial charge in [-0.05, 0) is 29.5 Å². The zero-order valence-electron chi connectivity index (χ0n) is 11.5. The number of benzene rings is 1. The Bertz CT molecular complexity index is 439. The van der Waals surface area contributed by atoms with E-state index in [0.29, 0.717) is 16.9 Å². The number of anilines is 1. The molecule has 1 N–H and O–H groups in total. The number of nitrogens with one attached hydrogen (secondary N) is 1. The molecular weight excluding hydrogens is 319 g/mol. The van der Waals surface area contributed by atoms with E-state index in [9.17, 15) is 13.2 Å². The number of halogens is 4. The van der Waals surface area contributed by atoms with Crippen molar-refractivity contribution in [3.8, 4) is 0 Å². The van der Waals surface area contributed by atoms with Gasteiger partial charge in [-0.1, -0.05) is 43.6 Å². The molecule has 0 heterocycles. The van der Waals surface area contributed by atoms with Crippen LogP contribution in [-0.4, -0.2) is 6.54 Å². The van der Waals surface area contributed by atoms with Crippen molar-refractivity contribution >= 4 is 21.6 Å². The van der Waals surface area contributed by atoms with Crippen LogP contribution in [0.25, 0.3) is 0 Å². The number of hydrogen-bond donors (Lipinski definition) is 1. The first-order valence-corrected chi connectivity index (χ1v) is 6.94. The highest BCUT2D eigenvalue weighted by atomic mass is 79.9. The normalized spacial score (nSPS) is 12.9. The average Bonchev–Trinajstić information content (AvgIpc) is 2.26. The largest absolute Gasteiger partial charge is 0.418 e. The first kappa shape index (κ1) is 16.3. The van der Waals surface area contributed by atoms with Crippen molar-refractivity contribution in [2.75, 3.05) is 11.9 Å². The van der Waals surface area contributed by atoms with Crippen LogP contribution in [0, 0.1) is 11.3 Å². The van der Waals surface area contributed by atoms with E-state index >= 15 is 0 Å². The first-order valence-electron chi connectivity index (χ1n) is 6.14. The summed E-state index contributed by atoms with van der Waals surface area (Å²) >= 11 is 3.07. The van der Waals surface area contributed by atoms with Gasteiger partial charge in [0, 0.05) is 16.7 Å². The minimum atomic E-state index is -4.35. The summed E-state index contributed by atoms with van der Waals surface area (Å²) in [5.74, 6) is 0.379. The van der Waals surface area contributed by atoms with Gasteiger partial charge in [0.1, 0.15) is 0 Å². The lowest BCUT2D eigenvalue weighted by Crippen LogP contribution is -2.29. The molecule has 0 spiro atoms. The predicted octanol–water partition coefficient (Wildman–Crippen LogP) is 5.56. The molecule has 1 aromatic carbocycles. The van der Waals surface area contributed by atoms with Gasteiger partial charge in [-0.2, -0.15) is 13.2 Å². The van der Waals surface area contributed by atoms with Crippen molar-refractivity contribution in [1.29, 1.82) is 0 Å². The maximum Gasteiger partial charge on any atom is 0.418 e. The van der Waals surface area contributed by atoms with Crippen LogP contribution in [0.3, 0.4) is 0 Å². The van der Waals surface area contributed by atoms with Crippen molar-refractivity contribution in [1.82, 2.24) is 0 Å². The summed E-state index contributed by atoms with van der Waals surface area (Å²) in [6.45, 7) is 8.70. The molecule has 1 aromatic rings. The summed E-state index contributed by atoms with van der Waals surface area (Å²) in [5.41, 5.74) is -0.582. The summed E-state index contributed by atoms with van der Waals surface area (Å²) < 4.78 is 39.3. The highest BCUT2D eigenvalue weighted by Gasteiger charge is 2.34. The Morgan fingerprint density at radius 2 is 1.79 bits per heavy atom. The molecule has 0 aliphatic rings. The Labute approximate surface area is 120 Å². The Balaban J connectivity index is 2.96. The molecule has 1 rings (SSSR count). The van der Waals surface area contributed by atoms with Crippen LogP contribution in [0.2, 0.25) is 0 Å². The predicted molar refractivity (Wildman–Crippen MR) is 76.3 cm³/mol. The highest BCUT2D eigenvalue weighted by Crippen LogP contribution is 2.37. The van der Waals surface area contributed by atoms with E-state index in [1.54, 1.807) is 6.07 Å². The zero-order valence-corrected chi connectivity index (χ0v) is 13.1. The standard InChI is InChI=1S/C14H19BrF3N/c1-9(2)13(3,4)8-19-12-6-5-10(15)7-11(12)14(16,17)18/h5-7,9,19H,8H2,1-4H3. The number of alkyl halides is 3. The molecule has 0 aliphatic carbocycles. The van der Waals surface area contributed by atoms with Crippen LogP contribution in [0.15, 0.2) is 22.7 Å². The monoisotopic (exact) mass is 337 g/mol. The molecule has 0 atom stereocenters. The second-order valence-corrected chi connectivity index (χ2v) is 6.60. The molecule has 19 heavy (non-hydrogen) atoms. The van der Waals surface area contributed by atoms with Crippen molar-refractivity contribution in [2.45, 2.75) is 33.9 Å². The molecular formula is C14H19BrF3N. The molecule has 5 heteroatoms. The smallest absolute Gasteiger partial charge is 0.384 e. The molecule has 0 unspecified atom stereocenters. The van der Waals surface area contributed by atoms with Crippen molar-refractivity contribution in [3.05, 3.63) is 28.2 Å². The van der Waals surface area contributed by atoms with Gasteiger partial charge >= 0.3 is 6.18 Å². The van der Waals surface area contributed by atoms with Gasteiger partial charge in [-0.3, -0.25) is 0 Å². The van der Waals surface area contributed by atoms with Crippen molar-refractivity contribution < 1.29 is 13.2 Å². The minimum Gasteiger partial charge on any atom is -0.384 e. The van der Waals surface area contributed by atoms with Crippen LogP contribution >= 0.6 is 15.9 Å².